The largest absolute Gasteiger partial charge is 0.289 e. The predicted molar refractivity (Wildman–Crippen MR) is 55.2 cm³/mol. The van der Waals surface area contributed by atoms with Crippen molar-refractivity contribution in [3.8, 4) is 22.6 Å². The Bertz CT molecular complexity index is 601. The smallest absolute Gasteiger partial charge is 0.257 e. The van der Waals surface area contributed by atoms with Crippen molar-refractivity contribution >= 4 is 0 Å². The van der Waals surface area contributed by atoms with E-state index in [1.165, 1.54) is 24.3 Å². The first kappa shape index (κ1) is 13.1. The van der Waals surface area contributed by atoms with Crippen LogP contribution in [0.3, 0.4) is 0 Å². The van der Waals surface area contributed by atoms with Gasteiger partial charge in [-0.05, 0) is 5.56 Å². The van der Waals surface area contributed by atoms with Crippen molar-refractivity contribution in [2.75, 3.05) is 0 Å². The zero-order chi connectivity index (χ0) is 14.0. The molecule has 0 aromatic heterocycles. The van der Waals surface area contributed by atoms with Crippen molar-refractivity contribution in [3.63, 3.8) is 0 Å². The first-order valence-corrected chi connectivity index (χ1v) is 4.94. The van der Waals surface area contributed by atoms with Crippen LogP contribution in [0.15, 0.2) is 30.3 Å². The van der Waals surface area contributed by atoms with Crippen LogP contribution in [0.5, 0.6) is 11.5 Å². The lowest BCUT2D eigenvalue weighted by molar-refractivity contribution is -0.0424. The van der Waals surface area contributed by atoms with Gasteiger partial charge in [0.05, 0.1) is 5.56 Å². The Morgan fingerprint density at radius 1 is 0.684 bits per heavy atom. The van der Waals surface area contributed by atoms with Crippen LogP contribution >= 0.6 is 0 Å². The number of hydrogen-bond donors (Lipinski definition) is 0. The molecule has 0 bridgehead atoms. The maximum atomic E-state index is 13.7. The van der Waals surface area contributed by atoms with Crippen LogP contribution < -0.4 is 9.88 Å². The van der Waals surface area contributed by atoms with E-state index in [0.717, 1.165) is 0 Å². The van der Waals surface area contributed by atoms with Crippen LogP contribution in [-0.4, -0.2) is 0 Å². The summed E-state index contributed by atoms with van der Waals surface area (Å²) in [5.41, 5.74) is -0.820. The van der Waals surface area contributed by atoms with Gasteiger partial charge in [0.25, 0.3) is 5.75 Å². The molecule has 2 nitrogen and oxygen atoms in total. The minimum absolute atomic E-state index is 0.0372. The molecule has 0 unspecified atom stereocenters. The Morgan fingerprint density at radius 2 is 1.26 bits per heavy atom. The molecule has 0 radical (unpaired) electrons. The fourth-order valence-electron chi connectivity index (χ4n) is 1.62. The van der Waals surface area contributed by atoms with Crippen LogP contribution in [0.4, 0.5) is 22.2 Å². The summed E-state index contributed by atoms with van der Waals surface area (Å²) >= 11 is 0. The van der Waals surface area contributed by atoms with E-state index in [0.29, 0.717) is 0 Å². The van der Waals surface area contributed by atoms with Gasteiger partial charge in [0.2, 0.25) is 11.6 Å². The van der Waals surface area contributed by atoms with E-state index in [1.54, 1.807) is 6.07 Å². The summed E-state index contributed by atoms with van der Waals surface area (Å²) in [6.07, 6.45) is 0. The molecular weight excluding hydrogens is 271 g/mol. The molecule has 0 aliphatic carbocycles. The van der Waals surface area contributed by atoms with Crippen LogP contribution in [-0.2, 0) is 0 Å². The molecular formula is C12H5F5O2. The summed E-state index contributed by atoms with van der Waals surface area (Å²) in [5.74, 6) is -8.44. The number of halogens is 5. The van der Waals surface area contributed by atoms with Gasteiger partial charge in [-0.15, -0.1) is 0 Å². The third kappa shape index (κ3) is 2.07. The first-order chi connectivity index (χ1) is 9.11. The Morgan fingerprint density at radius 3 is 1.79 bits per heavy atom. The van der Waals surface area contributed by atoms with E-state index >= 15 is 0 Å². The van der Waals surface area contributed by atoms with E-state index in [2.05, 4.69) is 9.88 Å². The number of rotatable bonds is 3. The Hall–Kier alpha value is -2.31. The molecule has 0 spiro atoms. The first-order valence-electron chi connectivity index (χ1n) is 4.94. The molecule has 0 heterocycles. The molecule has 0 aliphatic heterocycles. The lowest BCUT2D eigenvalue weighted by atomic mass is 10.0. The highest BCUT2D eigenvalue weighted by Crippen LogP contribution is 2.43. The zero-order valence-electron chi connectivity index (χ0n) is 9.09. The SMILES string of the molecule is FOc1c(F)c(F)c(F)c(-c2ccccc2)c1OF. The highest BCUT2D eigenvalue weighted by Gasteiger charge is 2.30. The van der Waals surface area contributed by atoms with Gasteiger partial charge < -0.3 is 0 Å². The molecule has 0 saturated carbocycles. The molecule has 0 saturated heterocycles. The summed E-state index contributed by atoms with van der Waals surface area (Å²) in [6.45, 7) is 0. The second-order valence-corrected chi connectivity index (χ2v) is 3.50. The maximum absolute atomic E-state index is 13.7. The highest BCUT2D eigenvalue weighted by molar-refractivity contribution is 5.74. The molecule has 0 N–H and O–H groups in total. The lowest BCUT2D eigenvalue weighted by Gasteiger charge is -2.11. The minimum atomic E-state index is -2.02. The van der Waals surface area contributed by atoms with E-state index in [9.17, 15) is 22.2 Å². The molecule has 100 valence electrons. The van der Waals surface area contributed by atoms with Gasteiger partial charge in [-0.25, -0.2) is 8.78 Å². The van der Waals surface area contributed by atoms with Gasteiger partial charge in [0.15, 0.2) is 11.6 Å². The quantitative estimate of drug-likeness (QED) is 0.614. The molecule has 0 atom stereocenters. The normalized spacial score (nSPS) is 10.4. The van der Waals surface area contributed by atoms with Gasteiger partial charge in [-0.3, -0.25) is 9.88 Å². The Labute approximate surface area is 103 Å². The van der Waals surface area contributed by atoms with Crippen molar-refractivity contribution < 1.29 is 32.1 Å². The summed E-state index contributed by atoms with van der Waals surface area (Å²) < 4.78 is 64.7. The average Bonchev–Trinajstić information content (AvgIpc) is 2.45. The van der Waals surface area contributed by atoms with E-state index in [4.69, 9.17) is 0 Å². The summed E-state index contributed by atoms with van der Waals surface area (Å²) in [7, 11) is 0. The molecule has 0 aliphatic rings. The van der Waals surface area contributed by atoms with Crippen LogP contribution in [0, 0.1) is 17.5 Å². The Balaban J connectivity index is 2.83. The van der Waals surface area contributed by atoms with Gasteiger partial charge in [0, 0.05) is 9.05 Å². The standard InChI is InChI=1S/C12H5F5O2/c13-8-7(6-4-2-1-3-5-6)11(18-16)12(19-17)10(15)9(8)14/h1-5H. The molecule has 2 aromatic rings. The predicted octanol–water partition coefficient (Wildman–Crippen LogP) is 4.30. The molecule has 19 heavy (non-hydrogen) atoms. The van der Waals surface area contributed by atoms with E-state index in [1.807, 2.05) is 0 Å². The van der Waals surface area contributed by atoms with E-state index in [-0.39, 0.29) is 5.56 Å². The van der Waals surface area contributed by atoms with E-state index < -0.39 is 34.5 Å². The molecule has 2 aromatic carbocycles. The Kier molecular flexibility index (Phi) is 3.55. The maximum Gasteiger partial charge on any atom is 0.257 e. The van der Waals surface area contributed by atoms with Gasteiger partial charge >= 0.3 is 0 Å². The van der Waals surface area contributed by atoms with Crippen LogP contribution in [0.2, 0.25) is 0 Å². The van der Waals surface area contributed by atoms with Crippen LogP contribution in [0.25, 0.3) is 11.1 Å². The van der Waals surface area contributed by atoms with Crippen molar-refractivity contribution in [2.24, 2.45) is 0 Å². The minimum Gasteiger partial charge on any atom is -0.289 e. The van der Waals surface area contributed by atoms with Crippen LogP contribution in [0.1, 0.15) is 0 Å². The van der Waals surface area contributed by atoms with Gasteiger partial charge in [-0.2, -0.15) is 4.39 Å². The van der Waals surface area contributed by atoms with Crippen molar-refractivity contribution in [1.82, 2.24) is 0 Å². The van der Waals surface area contributed by atoms with Crippen molar-refractivity contribution in [1.29, 1.82) is 0 Å². The lowest BCUT2D eigenvalue weighted by Crippen LogP contribution is -2.01. The molecule has 0 fully saturated rings. The average molecular weight is 276 g/mol. The summed E-state index contributed by atoms with van der Waals surface area (Å²) in [5, 5.41) is 0. The zero-order valence-corrected chi connectivity index (χ0v) is 9.09. The summed E-state index contributed by atoms with van der Waals surface area (Å²) in [6, 6.07) is 6.99. The third-order valence-corrected chi connectivity index (χ3v) is 2.45. The molecule has 0 amide bonds. The molecule has 7 heteroatoms. The monoisotopic (exact) mass is 276 g/mol. The number of benzene rings is 2. The highest BCUT2D eigenvalue weighted by atomic mass is 19.3. The number of hydrogen-bond acceptors (Lipinski definition) is 2. The van der Waals surface area contributed by atoms with Crippen molar-refractivity contribution in [2.45, 2.75) is 0 Å². The third-order valence-electron chi connectivity index (χ3n) is 2.45. The second-order valence-electron chi connectivity index (χ2n) is 3.50. The van der Waals surface area contributed by atoms with Gasteiger partial charge in [-0.1, -0.05) is 30.3 Å². The van der Waals surface area contributed by atoms with Crippen molar-refractivity contribution in [3.05, 3.63) is 47.8 Å². The summed E-state index contributed by atoms with van der Waals surface area (Å²) in [4.78, 5) is 6.25. The second kappa shape index (κ2) is 5.13. The fraction of sp³-hybridized carbons (Fsp3) is 0. The topological polar surface area (TPSA) is 18.5 Å². The molecule has 2 rings (SSSR count). The fourth-order valence-corrected chi connectivity index (χ4v) is 1.62. The van der Waals surface area contributed by atoms with Gasteiger partial charge in [0.1, 0.15) is 0 Å².